The van der Waals surface area contributed by atoms with Crippen molar-refractivity contribution in [1.82, 2.24) is 58.5 Å². The maximum atomic E-state index is 14.4. The number of nitrogens with two attached hydrogens (primary N) is 2. The second-order valence-electron chi connectivity index (χ2n) is 19.2. The van der Waals surface area contributed by atoms with E-state index in [1.165, 1.54) is 52.4 Å². The number of nitrogens with one attached hydrogen (secondary N) is 11. The molecule has 1 rings (SSSR count). The summed E-state index contributed by atoms with van der Waals surface area (Å²) in [6, 6.07) is -6.93. The van der Waals surface area contributed by atoms with E-state index in [-0.39, 0.29) is 89.9 Å². The lowest BCUT2D eigenvalue weighted by Crippen LogP contribution is -2.59. The molecule has 0 spiro atoms. The fourth-order valence-electron chi connectivity index (χ4n) is 7.95. The highest BCUT2D eigenvalue weighted by atomic mass is 32.1. The summed E-state index contributed by atoms with van der Waals surface area (Å²) in [5.74, 6) is -7.81. The Labute approximate surface area is 458 Å². The number of guanidine groups is 1. The lowest BCUT2D eigenvalue weighted by molar-refractivity contribution is -0.145. The van der Waals surface area contributed by atoms with Crippen LogP contribution in [0.2, 0.25) is 0 Å². The number of hydrogen-bond donors (Lipinski definition) is 15. The average molecular weight is 1110 g/mol. The third-order valence-electron chi connectivity index (χ3n) is 12.3. The van der Waals surface area contributed by atoms with E-state index in [4.69, 9.17) is 23.7 Å². The lowest BCUT2D eigenvalue weighted by atomic mass is 10.0. The van der Waals surface area contributed by atoms with Crippen LogP contribution in [0.5, 0.6) is 0 Å². The Morgan fingerprint density at radius 3 is 1.68 bits per heavy atom. The number of carboxylic acids is 1. The molecule has 438 valence electrons. The molecule has 9 amide bonds. The molecule has 1 heterocycles. The number of amides is 9. The van der Waals surface area contributed by atoms with E-state index in [2.05, 4.69) is 70.4 Å². The molecule has 17 N–H and O–H groups in total. The van der Waals surface area contributed by atoms with E-state index in [0.717, 1.165) is 19.3 Å². The van der Waals surface area contributed by atoms with Crippen LogP contribution in [-0.2, 0) is 47.9 Å². The van der Waals surface area contributed by atoms with E-state index >= 15 is 0 Å². The number of aliphatic hydroxyl groups excluding tert-OH is 1. The number of rotatable bonds is 24. The quantitative estimate of drug-likeness (QED) is 0.0231. The molecule has 0 bridgehead atoms. The van der Waals surface area contributed by atoms with Gasteiger partial charge in [0.05, 0.1) is 19.2 Å². The van der Waals surface area contributed by atoms with Gasteiger partial charge in [-0.05, 0) is 96.2 Å². The Morgan fingerprint density at radius 1 is 0.662 bits per heavy atom. The minimum atomic E-state index is -1.75. The van der Waals surface area contributed by atoms with E-state index in [0.29, 0.717) is 43.9 Å². The van der Waals surface area contributed by atoms with Crippen molar-refractivity contribution in [3.63, 3.8) is 0 Å². The van der Waals surface area contributed by atoms with Gasteiger partial charge in [0.1, 0.15) is 24.2 Å². The summed E-state index contributed by atoms with van der Waals surface area (Å²) < 4.78 is 0. The maximum absolute atomic E-state index is 14.4. The predicted octanol–water partition coefficient (Wildman–Crippen LogP) is -1.29. The summed E-state index contributed by atoms with van der Waals surface area (Å²) in [5, 5.41) is 49.8. The van der Waals surface area contributed by atoms with Gasteiger partial charge in [-0.2, -0.15) is 0 Å². The minimum Gasteiger partial charge on any atom is -0.480 e. The van der Waals surface area contributed by atoms with Crippen LogP contribution in [0.1, 0.15) is 162 Å². The molecule has 0 saturated carbocycles. The smallest absolute Gasteiger partial charge is 0.328 e. The molecule has 0 unspecified atom stereocenters. The third kappa shape index (κ3) is 34.8. The van der Waals surface area contributed by atoms with Gasteiger partial charge in [-0.15, -0.1) is 0 Å². The summed E-state index contributed by atoms with van der Waals surface area (Å²) >= 11 is 5.48. The van der Waals surface area contributed by atoms with Gasteiger partial charge in [-0.1, -0.05) is 58.3 Å². The van der Waals surface area contributed by atoms with E-state index in [1.54, 1.807) is 0 Å². The molecule has 77 heavy (non-hydrogen) atoms. The van der Waals surface area contributed by atoms with Crippen molar-refractivity contribution in [2.24, 2.45) is 16.5 Å². The molecular formula is C50H90N14O12S. The average Bonchev–Trinajstić information content (AvgIpc) is 3.37. The molecule has 0 aromatic heterocycles. The van der Waals surface area contributed by atoms with Crippen molar-refractivity contribution >= 4 is 82.4 Å². The number of unbranched alkanes of at least 4 members (excludes halogenated alkanes) is 9. The zero-order chi connectivity index (χ0) is 57.4. The first-order chi connectivity index (χ1) is 36.7. The second-order valence-corrected chi connectivity index (χ2v) is 19.6. The van der Waals surface area contributed by atoms with Crippen LogP contribution in [0.25, 0.3) is 0 Å². The van der Waals surface area contributed by atoms with Crippen LogP contribution < -0.4 is 70.0 Å². The monoisotopic (exact) mass is 1110 g/mol. The molecular weight excluding hydrogens is 1020 g/mol. The summed E-state index contributed by atoms with van der Waals surface area (Å²) in [6.07, 6.45) is 10.7. The molecule has 0 radical (unpaired) electrons. The Bertz CT molecular complexity index is 1910. The van der Waals surface area contributed by atoms with Crippen LogP contribution in [0.15, 0.2) is 4.99 Å². The molecule has 0 aliphatic carbocycles. The number of carbonyl (C=O) groups is 10. The SMILES string of the molecule is CCCCCCCCCCCNC(=S)NCCCC[C@@H]1NC(=O)[C@H](CCCN=C(N)N)NC(=O)[C@@H](NC(C)=O)CCCCNC(=O)CNC(=O)CCC(=O)NCC(=O)NCCCC[C@@H](C(=O)N[C@H](C(=O)O)[C@@H](C)O)NC1=O. The lowest BCUT2D eigenvalue weighted by Gasteiger charge is -2.27. The molecule has 0 aromatic carbocycles. The molecule has 1 fully saturated rings. The Balaban J connectivity index is 3.46. The molecule has 6 atom stereocenters. The molecule has 1 aliphatic heterocycles. The third-order valence-corrected chi connectivity index (χ3v) is 12.6. The Morgan fingerprint density at radius 2 is 1.16 bits per heavy atom. The van der Waals surface area contributed by atoms with Gasteiger partial charge in [0.25, 0.3) is 0 Å². The molecule has 0 aromatic rings. The number of aliphatic imine (C=N–C) groups is 1. The summed E-state index contributed by atoms with van der Waals surface area (Å²) in [5.41, 5.74) is 11.0. The van der Waals surface area contributed by atoms with Gasteiger partial charge in [0.2, 0.25) is 53.2 Å². The maximum Gasteiger partial charge on any atom is 0.328 e. The Hall–Kier alpha value is -6.38. The van der Waals surface area contributed by atoms with E-state index in [9.17, 15) is 58.2 Å². The summed E-state index contributed by atoms with van der Waals surface area (Å²) in [4.78, 5) is 134. The summed E-state index contributed by atoms with van der Waals surface area (Å²) in [6.45, 7) is 5.22. The van der Waals surface area contributed by atoms with Crippen molar-refractivity contribution in [1.29, 1.82) is 0 Å². The number of nitrogens with zero attached hydrogens (tertiary/aromatic N) is 1. The molecule has 1 aliphatic rings. The minimum absolute atomic E-state index is 0.0202. The van der Waals surface area contributed by atoms with Crippen LogP contribution in [0, 0.1) is 0 Å². The first kappa shape index (κ1) is 68.6. The van der Waals surface area contributed by atoms with Crippen LogP contribution >= 0.6 is 12.2 Å². The molecule has 26 nitrogen and oxygen atoms in total. The molecule has 27 heteroatoms. The highest BCUT2D eigenvalue weighted by Crippen LogP contribution is 2.11. The van der Waals surface area contributed by atoms with Crippen LogP contribution in [0.3, 0.4) is 0 Å². The van der Waals surface area contributed by atoms with Gasteiger partial charge in [0, 0.05) is 52.5 Å². The van der Waals surface area contributed by atoms with Crippen molar-refractivity contribution in [2.75, 3.05) is 45.8 Å². The highest BCUT2D eigenvalue weighted by molar-refractivity contribution is 7.80. The number of aliphatic hydroxyl groups is 1. The topological polar surface area (TPSA) is 408 Å². The fraction of sp³-hybridized carbons (Fsp3) is 0.760. The highest BCUT2D eigenvalue weighted by Gasteiger charge is 2.33. The zero-order valence-corrected chi connectivity index (χ0v) is 46.3. The fourth-order valence-corrected chi connectivity index (χ4v) is 8.15. The van der Waals surface area contributed by atoms with Gasteiger partial charge in [-0.3, -0.25) is 48.1 Å². The second kappa shape index (κ2) is 41.7. The van der Waals surface area contributed by atoms with Gasteiger partial charge < -0.3 is 80.2 Å². The standard InChI is InChI=1S/C50H90N14O12S/c1-4-5-6-7-8-9-10-11-15-28-56-50(77)57-29-18-14-21-36-45(72)62-37(47(74)64-43(33(2)65)48(75)76)22-13-17-27-54-42(70)32-59-40(68)25-24-39(67)58-31-41(69)53-26-16-12-20-35(60-34(3)66)44(71)63-38(46(73)61-36)23-19-30-55-49(51)52/h33,35-38,43,65H,4-32H2,1-3H3,(H,53,69)(H,54,70)(H,58,67)(H,59,68)(H,60,66)(H,61,73)(H,62,72)(H,63,71)(H,64,74)(H,75,76)(H4,51,52,55)(H2,56,57,77)/t33-,35+,36+,37+,38+,43+/m1/s1. The largest absolute Gasteiger partial charge is 0.480 e. The zero-order valence-electron chi connectivity index (χ0n) is 45.5. The van der Waals surface area contributed by atoms with Gasteiger partial charge >= 0.3 is 5.97 Å². The van der Waals surface area contributed by atoms with Crippen molar-refractivity contribution in [3.8, 4) is 0 Å². The van der Waals surface area contributed by atoms with Crippen LogP contribution in [-0.4, -0.2) is 163 Å². The first-order valence-corrected chi connectivity index (χ1v) is 27.7. The Kier molecular flexibility index (Phi) is 37.2. The number of hydrogen-bond acceptors (Lipinski definition) is 13. The molecule has 1 saturated heterocycles. The number of carboxylic acid groups (broad SMARTS) is 1. The first-order valence-electron chi connectivity index (χ1n) is 27.3. The predicted molar refractivity (Wildman–Crippen MR) is 293 cm³/mol. The number of thiocarbonyl (C=S) groups is 1. The summed E-state index contributed by atoms with van der Waals surface area (Å²) in [7, 11) is 0. The van der Waals surface area contributed by atoms with E-state index in [1.807, 2.05) is 0 Å². The van der Waals surface area contributed by atoms with Gasteiger partial charge in [-0.25, -0.2) is 4.79 Å². The van der Waals surface area contributed by atoms with E-state index < -0.39 is 102 Å². The number of carbonyl (C=O) groups excluding carboxylic acids is 9. The number of aliphatic carboxylic acids is 1. The van der Waals surface area contributed by atoms with Crippen molar-refractivity contribution in [2.45, 2.75) is 198 Å². The van der Waals surface area contributed by atoms with Crippen molar-refractivity contribution < 1.29 is 58.2 Å². The van der Waals surface area contributed by atoms with Gasteiger partial charge in [0.15, 0.2) is 17.1 Å². The van der Waals surface area contributed by atoms with Crippen molar-refractivity contribution in [3.05, 3.63) is 0 Å². The van der Waals surface area contributed by atoms with Crippen LogP contribution in [0.4, 0.5) is 0 Å². The normalized spacial score (nSPS) is 20.3.